The molecule has 5 nitrogen and oxygen atoms in total. The lowest BCUT2D eigenvalue weighted by Gasteiger charge is -2.18. The van der Waals surface area contributed by atoms with Gasteiger partial charge in [0.15, 0.2) is 0 Å². The lowest BCUT2D eigenvalue weighted by atomic mass is 10.1. The van der Waals surface area contributed by atoms with E-state index in [1.165, 1.54) is 7.11 Å². The Hall–Kier alpha value is -3.12. The van der Waals surface area contributed by atoms with Crippen molar-refractivity contribution >= 4 is 39.1 Å². The predicted molar refractivity (Wildman–Crippen MR) is 112 cm³/mol. The minimum Gasteiger partial charge on any atom is -0.494 e. The van der Waals surface area contributed by atoms with E-state index >= 15 is 0 Å². The molecule has 3 aromatic carbocycles. The maximum Gasteiger partial charge on any atom is 0.258 e. The predicted octanol–water partition coefficient (Wildman–Crippen LogP) is 4.87. The Morgan fingerprint density at radius 1 is 1.07 bits per heavy atom. The fourth-order valence-corrected chi connectivity index (χ4v) is 3.47. The number of hydrogen-bond acceptors (Lipinski definition) is 3. The van der Waals surface area contributed by atoms with Crippen molar-refractivity contribution in [3.8, 4) is 5.75 Å². The maximum atomic E-state index is 12.7. The molecule has 1 aliphatic rings. The molecule has 6 heteroatoms. The molecule has 3 aromatic rings. The molecule has 0 aromatic heterocycles. The van der Waals surface area contributed by atoms with Crippen molar-refractivity contribution < 1.29 is 14.3 Å². The Labute approximate surface area is 171 Å². The van der Waals surface area contributed by atoms with Crippen molar-refractivity contribution in [1.29, 1.82) is 0 Å². The zero-order valence-corrected chi connectivity index (χ0v) is 16.7. The number of methoxy groups -OCH3 is 1. The number of fused-ring (bicyclic) bond motifs is 1. The summed E-state index contributed by atoms with van der Waals surface area (Å²) < 4.78 is 6.36. The zero-order valence-electron chi connectivity index (χ0n) is 15.1. The van der Waals surface area contributed by atoms with Crippen LogP contribution in [0.25, 0.3) is 0 Å². The highest BCUT2D eigenvalue weighted by molar-refractivity contribution is 9.10. The summed E-state index contributed by atoms with van der Waals surface area (Å²) in [6.45, 7) is 0.517. The number of amides is 2. The molecule has 0 atom stereocenters. The summed E-state index contributed by atoms with van der Waals surface area (Å²) in [4.78, 5) is 26.9. The number of benzene rings is 3. The number of nitrogens with one attached hydrogen (secondary N) is 1. The average molecular weight is 437 g/mol. The summed E-state index contributed by atoms with van der Waals surface area (Å²) in [5, 5.41) is 2.86. The molecule has 28 heavy (non-hydrogen) atoms. The van der Waals surface area contributed by atoms with Gasteiger partial charge in [0, 0.05) is 27.4 Å². The first-order chi connectivity index (χ1) is 13.6. The van der Waals surface area contributed by atoms with Crippen molar-refractivity contribution in [2.45, 2.75) is 6.54 Å². The van der Waals surface area contributed by atoms with Gasteiger partial charge in [-0.15, -0.1) is 0 Å². The van der Waals surface area contributed by atoms with Gasteiger partial charge in [0.25, 0.3) is 11.8 Å². The molecular weight excluding hydrogens is 420 g/mol. The molecule has 0 saturated heterocycles. The van der Waals surface area contributed by atoms with Crippen LogP contribution in [0, 0.1) is 0 Å². The minimum atomic E-state index is -0.233. The molecule has 0 aliphatic carbocycles. The molecule has 0 bridgehead atoms. The Morgan fingerprint density at radius 2 is 1.82 bits per heavy atom. The molecule has 0 saturated carbocycles. The number of nitrogens with zero attached hydrogens (tertiary/aromatic N) is 1. The van der Waals surface area contributed by atoms with E-state index in [1.54, 1.807) is 29.2 Å². The van der Waals surface area contributed by atoms with Crippen LogP contribution in [-0.4, -0.2) is 18.9 Å². The van der Waals surface area contributed by atoms with Gasteiger partial charge in [0.05, 0.1) is 19.3 Å². The Balaban J connectivity index is 1.58. The lowest BCUT2D eigenvalue weighted by Crippen LogP contribution is -2.23. The molecule has 0 radical (unpaired) electrons. The second-order valence-corrected chi connectivity index (χ2v) is 7.31. The third-order valence-corrected chi connectivity index (χ3v) is 5.20. The summed E-state index contributed by atoms with van der Waals surface area (Å²) >= 11 is 3.36. The summed E-state index contributed by atoms with van der Waals surface area (Å²) in [7, 11) is 1.54. The molecule has 4 rings (SSSR count). The van der Waals surface area contributed by atoms with Crippen LogP contribution >= 0.6 is 15.9 Å². The van der Waals surface area contributed by atoms with Crippen LogP contribution in [0.2, 0.25) is 0 Å². The Morgan fingerprint density at radius 3 is 2.54 bits per heavy atom. The molecule has 2 amide bonds. The van der Waals surface area contributed by atoms with E-state index in [2.05, 4.69) is 21.2 Å². The Kier molecular flexibility index (Phi) is 4.88. The van der Waals surface area contributed by atoms with Gasteiger partial charge in [-0.2, -0.15) is 0 Å². The van der Waals surface area contributed by atoms with Crippen LogP contribution in [0.3, 0.4) is 0 Å². The van der Waals surface area contributed by atoms with E-state index < -0.39 is 0 Å². The highest BCUT2D eigenvalue weighted by Crippen LogP contribution is 2.34. The van der Waals surface area contributed by atoms with Crippen molar-refractivity contribution in [2.75, 3.05) is 17.3 Å². The highest BCUT2D eigenvalue weighted by Gasteiger charge is 2.28. The maximum absolute atomic E-state index is 12.7. The summed E-state index contributed by atoms with van der Waals surface area (Å²) in [6.07, 6.45) is 0. The number of carbonyl (C=O) groups is 2. The number of halogens is 1. The van der Waals surface area contributed by atoms with Crippen LogP contribution in [0.1, 0.15) is 26.3 Å². The number of carbonyl (C=O) groups excluding carboxylic acids is 2. The van der Waals surface area contributed by atoms with Crippen molar-refractivity contribution in [1.82, 2.24) is 0 Å². The average Bonchev–Trinajstić information content (AvgIpc) is 3.05. The normalized spacial score (nSPS) is 12.6. The largest absolute Gasteiger partial charge is 0.494 e. The lowest BCUT2D eigenvalue weighted by molar-refractivity contribution is 0.0994. The van der Waals surface area contributed by atoms with Gasteiger partial charge in [-0.1, -0.05) is 34.1 Å². The Bertz CT molecular complexity index is 1060. The van der Waals surface area contributed by atoms with E-state index in [0.29, 0.717) is 29.1 Å². The van der Waals surface area contributed by atoms with E-state index in [4.69, 9.17) is 4.74 Å². The molecule has 140 valence electrons. The van der Waals surface area contributed by atoms with Gasteiger partial charge in [-0.05, 0) is 48.0 Å². The minimum absolute atomic E-state index is 0.0377. The van der Waals surface area contributed by atoms with Crippen LogP contribution < -0.4 is 15.0 Å². The molecule has 0 unspecified atom stereocenters. The van der Waals surface area contributed by atoms with Crippen molar-refractivity contribution in [3.05, 3.63) is 87.9 Å². The summed E-state index contributed by atoms with van der Waals surface area (Å²) in [5.41, 5.74) is 3.52. The number of anilines is 2. The first-order valence-corrected chi connectivity index (χ1v) is 9.51. The quantitative estimate of drug-likeness (QED) is 0.634. The first-order valence-electron chi connectivity index (χ1n) is 8.71. The standard InChI is InChI=1S/C22H17BrN2O3/c1-28-20-12-17(25-13-15-4-2-3-5-18(15)22(25)27)10-11-19(20)24-21(26)14-6-8-16(23)9-7-14/h2-12H,13H2,1H3,(H,24,26). The third kappa shape index (κ3) is 3.39. The van der Waals surface area contributed by atoms with Gasteiger partial charge in [-0.25, -0.2) is 0 Å². The molecule has 0 fully saturated rings. The second kappa shape index (κ2) is 7.48. The van der Waals surface area contributed by atoms with Gasteiger partial charge in [-0.3, -0.25) is 9.59 Å². The van der Waals surface area contributed by atoms with Gasteiger partial charge in [0.1, 0.15) is 5.75 Å². The fraction of sp³-hybridized carbons (Fsp3) is 0.0909. The smallest absolute Gasteiger partial charge is 0.258 e. The number of rotatable bonds is 4. The van der Waals surface area contributed by atoms with Crippen molar-refractivity contribution in [2.24, 2.45) is 0 Å². The van der Waals surface area contributed by atoms with Gasteiger partial charge in [0.2, 0.25) is 0 Å². The fourth-order valence-electron chi connectivity index (χ4n) is 3.21. The molecular formula is C22H17BrN2O3. The molecule has 1 N–H and O–H groups in total. The van der Waals surface area contributed by atoms with E-state index in [9.17, 15) is 9.59 Å². The SMILES string of the molecule is COc1cc(N2Cc3ccccc3C2=O)ccc1NC(=O)c1ccc(Br)cc1. The van der Waals surface area contributed by atoms with Crippen LogP contribution in [0.15, 0.2) is 71.2 Å². The highest BCUT2D eigenvalue weighted by atomic mass is 79.9. The summed E-state index contributed by atoms with van der Waals surface area (Å²) in [5.74, 6) is 0.222. The van der Waals surface area contributed by atoms with E-state index in [0.717, 1.165) is 15.7 Å². The number of hydrogen-bond donors (Lipinski definition) is 1. The molecule has 0 spiro atoms. The van der Waals surface area contributed by atoms with Gasteiger partial charge < -0.3 is 15.0 Å². The number of ether oxygens (including phenoxy) is 1. The third-order valence-electron chi connectivity index (χ3n) is 4.67. The first kappa shape index (κ1) is 18.3. The van der Waals surface area contributed by atoms with Crippen LogP contribution in [0.5, 0.6) is 5.75 Å². The summed E-state index contributed by atoms with van der Waals surface area (Å²) in [6, 6.07) is 20.0. The second-order valence-electron chi connectivity index (χ2n) is 6.39. The van der Waals surface area contributed by atoms with Crippen LogP contribution in [-0.2, 0) is 6.54 Å². The monoisotopic (exact) mass is 436 g/mol. The van der Waals surface area contributed by atoms with Crippen molar-refractivity contribution in [3.63, 3.8) is 0 Å². The van der Waals surface area contributed by atoms with Crippen LogP contribution in [0.4, 0.5) is 11.4 Å². The van der Waals surface area contributed by atoms with Gasteiger partial charge >= 0.3 is 0 Å². The van der Waals surface area contributed by atoms with E-state index in [1.807, 2.05) is 42.5 Å². The topological polar surface area (TPSA) is 58.6 Å². The van der Waals surface area contributed by atoms with E-state index in [-0.39, 0.29) is 11.8 Å². The zero-order chi connectivity index (χ0) is 19.7. The molecule has 1 aliphatic heterocycles. The molecule has 1 heterocycles.